The monoisotopic (exact) mass is 419 g/mol. The highest BCUT2D eigenvalue weighted by atomic mass is 16.5. The summed E-state index contributed by atoms with van der Waals surface area (Å²) < 4.78 is 8.77. The molecule has 0 atom stereocenters. The first kappa shape index (κ1) is 20.8. The fraction of sp³-hybridized carbons (Fsp3) is 0.250. The number of fused-ring (bicyclic) bond motifs is 1. The number of aliphatic hydroxyl groups is 2. The predicted molar refractivity (Wildman–Crippen MR) is 119 cm³/mol. The van der Waals surface area contributed by atoms with Gasteiger partial charge in [0.2, 0.25) is 0 Å². The first-order chi connectivity index (χ1) is 14.9. The van der Waals surface area contributed by atoms with E-state index in [1.807, 2.05) is 65.4 Å². The van der Waals surface area contributed by atoms with Crippen LogP contribution in [0.5, 0.6) is 5.75 Å². The summed E-state index contributed by atoms with van der Waals surface area (Å²) in [6.07, 6.45) is 3.76. The molecule has 7 nitrogen and oxygen atoms in total. The van der Waals surface area contributed by atoms with Crippen molar-refractivity contribution in [1.29, 1.82) is 0 Å². The smallest absolute Gasteiger partial charge is 0.265 e. The normalized spacial score (nSPS) is 11.7. The lowest BCUT2D eigenvalue weighted by Crippen LogP contribution is -2.21. The standard InChI is InChI=1S/C24H25N3O4/c1-24(2,30)12-13-31-19-10-8-17(9-11-19)20-14-27(18-6-4-3-5-7-18)22-21(20)23(29)26(16-28)15-25-22/h3-11,14-15,28,30H,12-13,16H2,1-2H3. The fourth-order valence-corrected chi connectivity index (χ4v) is 3.41. The molecule has 0 amide bonds. The maximum atomic E-state index is 13.0. The lowest BCUT2D eigenvalue weighted by atomic mass is 10.1. The topological polar surface area (TPSA) is 89.5 Å². The molecule has 31 heavy (non-hydrogen) atoms. The maximum Gasteiger partial charge on any atom is 0.265 e. The number of para-hydroxylation sites is 1. The van der Waals surface area contributed by atoms with Crippen LogP contribution < -0.4 is 10.3 Å². The van der Waals surface area contributed by atoms with Crippen LogP contribution in [0.2, 0.25) is 0 Å². The lowest BCUT2D eigenvalue weighted by molar-refractivity contribution is 0.0553. The highest BCUT2D eigenvalue weighted by molar-refractivity contribution is 5.94. The molecule has 0 saturated carbocycles. The number of hydrogen-bond donors (Lipinski definition) is 2. The van der Waals surface area contributed by atoms with Crippen LogP contribution in [0.1, 0.15) is 20.3 Å². The quantitative estimate of drug-likeness (QED) is 0.480. The Hall–Kier alpha value is -3.42. The van der Waals surface area contributed by atoms with Crippen molar-refractivity contribution in [3.63, 3.8) is 0 Å². The van der Waals surface area contributed by atoms with Crippen LogP contribution >= 0.6 is 0 Å². The molecule has 0 spiro atoms. The Morgan fingerprint density at radius 2 is 1.77 bits per heavy atom. The average Bonchev–Trinajstić information content (AvgIpc) is 3.15. The summed E-state index contributed by atoms with van der Waals surface area (Å²) in [6, 6.07) is 17.1. The third-order valence-electron chi connectivity index (χ3n) is 5.11. The summed E-state index contributed by atoms with van der Waals surface area (Å²) in [7, 11) is 0. The van der Waals surface area contributed by atoms with E-state index < -0.39 is 12.3 Å². The summed E-state index contributed by atoms with van der Waals surface area (Å²) in [5.74, 6) is 0.686. The largest absolute Gasteiger partial charge is 0.493 e. The number of aromatic nitrogens is 3. The molecule has 0 radical (unpaired) electrons. The van der Waals surface area contributed by atoms with E-state index in [-0.39, 0.29) is 5.56 Å². The summed E-state index contributed by atoms with van der Waals surface area (Å²) in [5.41, 5.74) is 1.90. The van der Waals surface area contributed by atoms with Gasteiger partial charge in [0.05, 0.1) is 17.6 Å². The SMILES string of the molecule is CC(C)(O)CCOc1ccc(-c2cn(-c3ccccc3)c3ncn(CO)c(=O)c23)cc1. The van der Waals surface area contributed by atoms with Gasteiger partial charge in [-0.2, -0.15) is 0 Å². The minimum atomic E-state index is -0.779. The first-order valence-corrected chi connectivity index (χ1v) is 10.1. The van der Waals surface area contributed by atoms with Crippen LogP contribution in [-0.2, 0) is 6.73 Å². The van der Waals surface area contributed by atoms with Crippen LogP contribution in [0.15, 0.2) is 71.9 Å². The Morgan fingerprint density at radius 3 is 2.42 bits per heavy atom. The molecule has 160 valence electrons. The van der Waals surface area contributed by atoms with Crippen LogP contribution in [0.3, 0.4) is 0 Å². The zero-order valence-electron chi connectivity index (χ0n) is 17.5. The lowest BCUT2D eigenvalue weighted by Gasteiger charge is -2.17. The molecular weight excluding hydrogens is 394 g/mol. The summed E-state index contributed by atoms with van der Waals surface area (Å²) in [5, 5.41) is 19.8. The van der Waals surface area contributed by atoms with Crippen LogP contribution in [0, 0.1) is 0 Å². The molecule has 0 aliphatic heterocycles. The molecule has 7 heteroatoms. The molecule has 0 unspecified atom stereocenters. The van der Waals surface area contributed by atoms with Gasteiger partial charge >= 0.3 is 0 Å². The van der Waals surface area contributed by atoms with Gasteiger partial charge in [-0.15, -0.1) is 0 Å². The summed E-state index contributed by atoms with van der Waals surface area (Å²) in [6.45, 7) is 3.46. The van der Waals surface area contributed by atoms with Gasteiger partial charge in [-0.25, -0.2) is 4.98 Å². The fourth-order valence-electron chi connectivity index (χ4n) is 3.41. The zero-order valence-corrected chi connectivity index (χ0v) is 17.5. The van der Waals surface area contributed by atoms with Gasteiger partial charge in [-0.3, -0.25) is 9.36 Å². The molecule has 0 aliphatic rings. The van der Waals surface area contributed by atoms with Crippen molar-refractivity contribution in [2.45, 2.75) is 32.6 Å². The minimum Gasteiger partial charge on any atom is -0.493 e. The maximum absolute atomic E-state index is 13.0. The second-order valence-corrected chi connectivity index (χ2v) is 8.04. The molecule has 4 aromatic rings. The molecule has 4 rings (SSSR count). The number of benzene rings is 2. The third kappa shape index (κ3) is 4.38. The van der Waals surface area contributed by atoms with Crippen molar-refractivity contribution in [1.82, 2.24) is 14.1 Å². The van der Waals surface area contributed by atoms with E-state index in [1.165, 1.54) is 10.9 Å². The number of rotatable bonds is 7. The number of hydrogen-bond acceptors (Lipinski definition) is 5. The third-order valence-corrected chi connectivity index (χ3v) is 5.11. The highest BCUT2D eigenvalue weighted by Crippen LogP contribution is 2.31. The van der Waals surface area contributed by atoms with Gasteiger partial charge in [-0.1, -0.05) is 30.3 Å². The molecular formula is C24H25N3O4. The van der Waals surface area contributed by atoms with Crippen molar-refractivity contribution >= 4 is 11.0 Å². The van der Waals surface area contributed by atoms with Crippen molar-refractivity contribution in [3.05, 3.63) is 77.5 Å². The molecule has 0 bridgehead atoms. The van der Waals surface area contributed by atoms with E-state index in [0.717, 1.165) is 16.8 Å². The zero-order chi connectivity index (χ0) is 22.0. The molecule has 0 fully saturated rings. The second kappa shape index (κ2) is 8.37. The molecule has 2 heterocycles. The number of nitrogens with zero attached hydrogens (tertiary/aromatic N) is 3. The molecule has 2 aromatic carbocycles. The number of aliphatic hydroxyl groups excluding tert-OH is 1. The Labute approximate surface area is 179 Å². The number of ether oxygens (including phenoxy) is 1. The van der Waals surface area contributed by atoms with E-state index in [4.69, 9.17) is 4.74 Å². The van der Waals surface area contributed by atoms with Crippen LogP contribution in [-0.4, -0.2) is 36.5 Å². The summed E-state index contributed by atoms with van der Waals surface area (Å²) in [4.78, 5) is 17.4. The predicted octanol–water partition coefficient (Wildman–Crippen LogP) is 3.34. The Kier molecular flexibility index (Phi) is 5.63. The first-order valence-electron chi connectivity index (χ1n) is 10.1. The van der Waals surface area contributed by atoms with Crippen molar-refractivity contribution < 1.29 is 14.9 Å². The van der Waals surface area contributed by atoms with Crippen molar-refractivity contribution in [3.8, 4) is 22.6 Å². The van der Waals surface area contributed by atoms with Gasteiger partial charge in [0, 0.05) is 23.9 Å². The highest BCUT2D eigenvalue weighted by Gasteiger charge is 2.18. The van der Waals surface area contributed by atoms with Gasteiger partial charge in [0.1, 0.15) is 18.8 Å². The summed E-state index contributed by atoms with van der Waals surface area (Å²) >= 11 is 0. The molecule has 2 N–H and O–H groups in total. The van der Waals surface area contributed by atoms with Gasteiger partial charge in [0.25, 0.3) is 5.56 Å². The van der Waals surface area contributed by atoms with Crippen LogP contribution in [0.25, 0.3) is 27.8 Å². The van der Waals surface area contributed by atoms with Gasteiger partial charge < -0.3 is 19.5 Å². The van der Waals surface area contributed by atoms with Gasteiger partial charge in [-0.05, 0) is 43.7 Å². The van der Waals surface area contributed by atoms with E-state index in [2.05, 4.69) is 4.98 Å². The van der Waals surface area contributed by atoms with Gasteiger partial charge in [0.15, 0.2) is 5.65 Å². The molecule has 0 saturated heterocycles. The van der Waals surface area contributed by atoms with E-state index in [1.54, 1.807) is 13.8 Å². The molecule has 2 aromatic heterocycles. The van der Waals surface area contributed by atoms with Crippen molar-refractivity contribution in [2.24, 2.45) is 0 Å². The Morgan fingerprint density at radius 1 is 1.06 bits per heavy atom. The van der Waals surface area contributed by atoms with Crippen molar-refractivity contribution in [2.75, 3.05) is 6.61 Å². The molecule has 0 aliphatic carbocycles. The Bertz CT molecular complexity index is 1240. The van der Waals surface area contributed by atoms with Crippen LogP contribution in [0.4, 0.5) is 0 Å². The minimum absolute atomic E-state index is 0.303. The second-order valence-electron chi connectivity index (χ2n) is 8.04. The van der Waals surface area contributed by atoms with E-state index in [9.17, 15) is 15.0 Å². The Balaban J connectivity index is 1.76. The van der Waals surface area contributed by atoms with E-state index in [0.29, 0.717) is 29.8 Å². The van der Waals surface area contributed by atoms with E-state index >= 15 is 0 Å². The average molecular weight is 419 g/mol.